The highest BCUT2D eigenvalue weighted by molar-refractivity contribution is 5.80. The van der Waals surface area contributed by atoms with Crippen molar-refractivity contribution in [2.75, 3.05) is 39.9 Å². The number of guanidine groups is 1. The number of rotatable bonds is 6. The summed E-state index contributed by atoms with van der Waals surface area (Å²) in [6.45, 7) is 9.29. The van der Waals surface area contributed by atoms with Gasteiger partial charge in [-0.05, 0) is 50.7 Å². The number of ether oxygens (including phenoxy) is 2. The first-order chi connectivity index (χ1) is 14.0. The minimum absolute atomic E-state index is 0.0276. The third-order valence-electron chi connectivity index (χ3n) is 5.60. The molecule has 1 aliphatic heterocycles. The van der Waals surface area contributed by atoms with E-state index in [1.54, 1.807) is 7.05 Å². The Hall–Kier alpha value is -2.28. The molecule has 1 amide bonds. The van der Waals surface area contributed by atoms with Gasteiger partial charge in [0.05, 0.1) is 25.8 Å². The zero-order valence-corrected chi connectivity index (χ0v) is 18.0. The number of carbonyl (C=O) groups is 1. The van der Waals surface area contributed by atoms with Gasteiger partial charge in [0.1, 0.15) is 6.10 Å². The molecule has 1 saturated heterocycles. The summed E-state index contributed by atoms with van der Waals surface area (Å²) < 4.78 is 11.1. The van der Waals surface area contributed by atoms with Crippen LogP contribution in [0.4, 0.5) is 4.79 Å². The van der Waals surface area contributed by atoms with Gasteiger partial charge in [0, 0.05) is 20.1 Å². The van der Waals surface area contributed by atoms with E-state index >= 15 is 0 Å². The van der Waals surface area contributed by atoms with Crippen LogP contribution in [0.25, 0.3) is 0 Å². The number of hydrogen-bond donors (Lipinski definition) is 2. The fraction of sp³-hybridized carbons (Fsp3) is 0.636. The van der Waals surface area contributed by atoms with Crippen molar-refractivity contribution < 1.29 is 14.3 Å². The molecule has 1 saturated carbocycles. The SMILES string of the molecule is CCOC(=O)NC(CNC(=NC)N1CCOC(c2ccc(C)cc2C)C1)C1CC1. The highest BCUT2D eigenvalue weighted by Gasteiger charge is 2.33. The van der Waals surface area contributed by atoms with Crippen LogP contribution in [-0.2, 0) is 9.47 Å². The molecule has 3 rings (SSSR count). The second-order valence-electron chi connectivity index (χ2n) is 7.90. The fourth-order valence-electron chi connectivity index (χ4n) is 3.91. The van der Waals surface area contributed by atoms with Crippen LogP contribution in [0.5, 0.6) is 0 Å². The Balaban J connectivity index is 1.59. The summed E-state index contributed by atoms with van der Waals surface area (Å²) in [5, 5.41) is 6.44. The third kappa shape index (κ3) is 5.85. The second kappa shape index (κ2) is 9.96. The summed E-state index contributed by atoms with van der Waals surface area (Å²) in [6.07, 6.45) is 1.97. The number of nitrogens with one attached hydrogen (secondary N) is 2. The zero-order valence-electron chi connectivity index (χ0n) is 18.0. The molecule has 1 aromatic carbocycles. The standard InChI is InChI=1S/C22H34N4O3/c1-5-28-22(27)25-19(17-7-8-17)13-24-21(23-4)26-10-11-29-20(14-26)18-9-6-15(2)12-16(18)3/h6,9,12,17,19-20H,5,7-8,10-11,13-14H2,1-4H3,(H,23,24)(H,25,27). The van der Waals surface area contributed by atoms with E-state index < -0.39 is 0 Å². The maximum absolute atomic E-state index is 11.8. The molecule has 29 heavy (non-hydrogen) atoms. The average Bonchev–Trinajstić information content (AvgIpc) is 3.53. The number of aryl methyl sites for hydroxylation is 2. The van der Waals surface area contributed by atoms with E-state index in [2.05, 4.69) is 52.6 Å². The van der Waals surface area contributed by atoms with Crippen LogP contribution in [0, 0.1) is 19.8 Å². The molecule has 2 atom stereocenters. The lowest BCUT2D eigenvalue weighted by Crippen LogP contribution is -2.52. The van der Waals surface area contributed by atoms with Crippen molar-refractivity contribution in [2.24, 2.45) is 10.9 Å². The molecule has 2 unspecified atom stereocenters. The molecule has 7 heteroatoms. The summed E-state index contributed by atoms with van der Waals surface area (Å²) >= 11 is 0. The van der Waals surface area contributed by atoms with Crippen LogP contribution in [-0.4, -0.2) is 62.9 Å². The molecular formula is C22H34N4O3. The highest BCUT2D eigenvalue weighted by atomic mass is 16.5. The van der Waals surface area contributed by atoms with Gasteiger partial charge in [-0.1, -0.05) is 23.8 Å². The van der Waals surface area contributed by atoms with E-state index in [4.69, 9.17) is 9.47 Å². The van der Waals surface area contributed by atoms with E-state index in [-0.39, 0.29) is 18.2 Å². The van der Waals surface area contributed by atoms with Crippen molar-refractivity contribution in [3.05, 3.63) is 34.9 Å². The molecule has 0 spiro atoms. The van der Waals surface area contributed by atoms with Gasteiger partial charge in [-0.15, -0.1) is 0 Å². The van der Waals surface area contributed by atoms with Crippen LogP contribution in [0.15, 0.2) is 23.2 Å². The Labute approximate surface area is 173 Å². The monoisotopic (exact) mass is 402 g/mol. The van der Waals surface area contributed by atoms with Gasteiger partial charge in [-0.3, -0.25) is 4.99 Å². The largest absolute Gasteiger partial charge is 0.450 e. The number of benzene rings is 1. The van der Waals surface area contributed by atoms with E-state index in [1.807, 2.05) is 6.92 Å². The summed E-state index contributed by atoms with van der Waals surface area (Å²) in [6, 6.07) is 6.56. The number of amides is 1. The molecule has 0 aromatic heterocycles. The van der Waals surface area contributed by atoms with Crippen LogP contribution in [0.3, 0.4) is 0 Å². The lowest BCUT2D eigenvalue weighted by Gasteiger charge is -2.36. The lowest BCUT2D eigenvalue weighted by atomic mass is 10.00. The second-order valence-corrected chi connectivity index (χ2v) is 7.90. The molecule has 7 nitrogen and oxygen atoms in total. The molecule has 2 fully saturated rings. The first-order valence-electron chi connectivity index (χ1n) is 10.6. The van der Waals surface area contributed by atoms with Crippen molar-refractivity contribution in [2.45, 2.75) is 45.8 Å². The topological polar surface area (TPSA) is 75.2 Å². The first-order valence-corrected chi connectivity index (χ1v) is 10.6. The number of aliphatic imine (C=N–C) groups is 1. The fourth-order valence-corrected chi connectivity index (χ4v) is 3.91. The molecule has 0 radical (unpaired) electrons. The Bertz CT molecular complexity index is 733. The molecule has 1 aromatic rings. The van der Waals surface area contributed by atoms with Gasteiger partial charge < -0.3 is 25.0 Å². The number of nitrogens with zero attached hydrogens (tertiary/aromatic N) is 2. The summed E-state index contributed by atoms with van der Waals surface area (Å²) in [5.74, 6) is 1.36. The van der Waals surface area contributed by atoms with Crippen molar-refractivity contribution >= 4 is 12.1 Å². The quantitative estimate of drug-likeness (QED) is 0.565. The van der Waals surface area contributed by atoms with Gasteiger partial charge >= 0.3 is 6.09 Å². The molecule has 2 aliphatic rings. The third-order valence-corrected chi connectivity index (χ3v) is 5.60. The van der Waals surface area contributed by atoms with Gasteiger partial charge in [-0.2, -0.15) is 0 Å². The summed E-state index contributed by atoms with van der Waals surface area (Å²) in [5.41, 5.74) is 3.75. The van der Waals surface area contributed by atoms with Crippen LogP contribution >= 0.6 is 0 Å². The Morgan fingerprint density at radius 1 is 1.38 bits per heavy atom. The lowest BCUT2D eigenvalue weighted by molar-refractivity contribution is -0.00835. The Morgan fingerprint density at radius 2 is 2.17 bits per heavy atom. The van der Waals surface area contributed by atoms with Gasteiger partial charge in [0.15, 0.2) is 5.96 Å². The predicted octanol–water partition coefficient (Wildman–Crippen LogP) is 2.78. The number of hydrogen-bond acceptors (Lipinski definition) is 4. The maximum Gasteiger partial charge on any atom is 0.407 e. The molecular weight excluding hydrogens is 368 g/mol. The van der Waals surface area contributed by atoms with E-state index in [9.17, 15) is 4.79 Å². The number of alkyl carbamates (subject to hydrolysis) is 1. The molecule has 0 bridgehead atoms. The Kier molecular flexibility index (Phi) is 7.36. The van der Waals surface area contributed by atoms with Crippen LogP contribution in [0.2, 0.25) is 0 Å². The minimum Gasteiger partial charge on any atom is -0.450 e. The van der Waals surface area contributed by atoms with Gasteiger partial charge in [-0.25, -0.2) is 4.79 Å². The van der Waals surface area contributed by atoms with Gasteiger partial charge in [0.25, 0.3) is 0 Å². The van der Waals surface area contributed by atoms with Crippen molar-refractivity contribution in [3.8, 4) is 0 Å². The van der Waals surface area contributed by atoms with Crippen molar-refractivity contribution in [1.82, 2.24) is 15.5 Å². The molecule has 1 aliphatic carbocycles. The summed E-state index contributed by atoms with van der Waals surface area (Å²) in [4.78, 5) is 18.6. The zero-order chi connectivity index (χ0) is 20.8. The number of carbonyl (C=O) groups excluding carboxylic acids is 1. The Morgan fingerprint density at radius 3 is 2.83 bits per heavy atom. The van der Waals surface area contributed by atoms with E-state index in [0.29, 0.717) is 25.7 Å². The molecule has 2 N–H and O–H groups in total. The minimum atomic E-state index is -0.345. The van der Waals surface area contributed by atoms with Gasteiger partial charge in [0.2, 0.25) is 0 Å². The van der Waals surface area contributed by atoms with Crippen molar-refractivity contribution in [1.29, 1.82) is 0 Å². The number of morpholine rings is 1. The highest BCUT2D eigenvalue weighted by Crippen LogP contribution is 2.32. The van der Waals surface area contributed by atoms with Crippen LogP contribution < -0.4 is 10.6 Å². The predicted molar refractivity (Wildman–Crippen MR) is 114 cm³/mol. The smallest absolute Gasteiger partial charge is 0.407 e. The van der Waals surface area contributed by atoms with Crippen molar-refractivity contribution in [3.63, 3.8) is 0 Å². The molecule has 1 heterocycles. The van der Waals surface area contributed by atoms with E-state index in [1.165, 1.54) is 16.7 Å². The van der Waals surface area contributed by atoms with Crippen LogP contribution in [0.1, 0.15) is 42.6 Å². The summed E-state index contributed by atoms with van der Waals surface area (Å²) in [7, 11) is 1.80. The average molecular weight is 403 g/mol. The molecule has 160 valence electrons. The normalized spacial score (nSPS) is 20.9. The van der Waals surface area contributed by atoms with E-state index in [0.717, 1.165) is 31.9 Å². The maximum atomic E-state index is 11.8. The first kappa shape index (κ1) is 21.4.